The number of hydrogen-bond acceptors (Lipinski definition) is 3. The summed E-state index contributed by atoms with van der Waals surface area (Å²) in [5.41, 5.74) is -0.772. The normalized spacial score (nSPS) is 13.4. The molecule has 0 saturated heterocycles. The third-order valence-corrected chi connectivity index (χ3v) is 2.26. The molecule has 0 aliphatic rings. The number of aliphatic hydroxyl groups is 1. The number of rotatable bonds is 6. The first-order valence-electron chi connectivity index (χ1n) is 5.40. The molecule has 1 rings (SSSR count). The molecule has 18 heavy (non-hydrogen) atoms. The summed E-state index contributed by atoms with van der Waals surface area (Å²) in [5, 5.41) is 9.44. The first-order valence-corrected chi connectivity index (χ1v) is 5.40. The van der Waals surface area contributed by atoms with Gasteiger partial charge in [0.2, 0.25) is 0 Å². The Bertz CT molecular complexity index is 366. The number of alkyl halides is 3. The number of halogens is 3. The van der Waals surface area contributed by atoms with Gasteiger partial charge in [-0.15, -0.1) is 0 Å². The Morgan fingerprint density at radius 2 is 2.06 bits per heavy atom. The zero-order valence-corrected chi connectivity index (χ0v) is 9.91. The first kappa shape index (κ1) is 14.8. The molecule has 0 radical (unpaired) electrons. The smallest absolute Gasteiger partial charge is 0.416 e. The molecule has 0 aliphatic carbocycles. The van der Waals surface area contributed by atoms with Crippen molar-refractivity contribution >= 4 is 0 Å². The summed E-state index contributed by atoms with van der Waals surface area (Å²) in [6.45, 7) is 0.303. The van der Waals surface area contributed by atoms with E-state index >= 15 is 0 Å². The van der Waals surface area contributed by atoms with Crippen LogP contribution in [0, 0.1) is 0 Å². The predicted molar refractivity (Wildman–Crippen MR) is 59.4 cm³/mol. The number of aliphatic hydroxyl groups excluding tert-OH is 1. The molecule has 1 atom stereocenters. The molecule has 1 N–H and O–H groups in total. The van der Waals surface area contributed by atoms with Crippen LogP contribution in [-0.2, 0) is 10.9 Å². The highest BCUT2D eigenvalue weighted by Gasteiger charge is 2.30. The van der Waals surface area contributed by atoms with Crippen LogP contribution >= 0.6 is 0 Å². The Labute approximate surface area is 103 Å². The summed E-state index contributed by atoms with van der Waals surface area (Å²) < 4.78 is 47.1. The van der Waals surface area contributed by atoms with Crippen LogP contribution in [0.2, 0.25) is 0 Å². The van der Waals surface area contributed by atoms with E-state index < -0.39 is 17.8 Å². The molecule has 0 amide bonds. The Hall–Kier alpha value is -1.27. The fourth-order valence-corrected chi connectivity index (χ4v) is 1.29. The lowest BCUT2D eigenvalue weighted by atomic mass is 10.2. The molecule has 102 valence electrons. The Kier molecular flexibility index (Phi) is 5.43. The zero-order valence-electron chi connectivity index (χ0n) is 9.91. The van der Waals surface area contributed by atoms with E-state index in [4.69, 9.17) is 9.47 Å². The number of ether oxygens (including phenoxy) is 2. The van der Waals surface area contributed by atoms with Crippen molar-refractivity contribution in [2.75, 3.05) is 20.3 Å². The minimum Gasteiger partial charge on any atom is -0.491 e. The van der Waals surface area contributed by atoms with E-state index in [1.54, 1.807) is 0 Å². The number of methoxy groups -OCH3 is 1. The van der Waals surface area contributed by atoms with Gasteiger partial charge in [-0.25, -0.2) is 0 Å². The van der Waals surface area contributed by atoms with E-state index in [0.29, 0.717) is 13.0 Å². The fraction of sp³-hybridized carbons (Fsp3) is 0.500. The lowest BCUT2D eigenvalue weighted by Gasteiger charge is -2.13. The monoisotopic (exact) mass is 264 g/mol. The van der Waals surface area contributed by atoms with Crippen molar-refractivity contribution in [2.24, 2.45) is 0 Å². The second-order valence-electron chi connectivity index (χ2n) is 3.77. The van der Waals surface area contributed by atoms with Crippen molar-refractivity contribution < 1.29 is 27.8 Å². The maximum Gasteiger partial charge on any atom is 0.416 e. The SMILES string of the molecule is COCCC(O)COc1cccc(C(F)(F)F)c1. The van der Waals surface area contributed by atoms with Gasteiger partial charge >= 0.3 is 6.18 Å². The van der Waals surface area contributed by atoms with Crippen molar-refractivity contribution in [2.45, 2.75) is 18.7 Å². The minimum atomic E-state index is -4.39. The Balaban J connectivity index is 2.52. The average Bonchev–Trinajstić information content (AvgIpc) is 2.33. The maximum atomic E-state index is 12.4. The van der Waals surface area contributed by atoms with Crippen molar-refractivity contribution in [1.82, 2.24) is 0 Å². The van der Waals surface area contributed by atoms with Crippen molar-refractivity contribution in [3.05, 3.63) is 29.8 Å². The van der Waals surface area contributed by atoms with E-state index in [9.17, 15) is 18.3 Å². The molecular weight excluding hydrogens is 249 g/mol. The van der Waals surface area contributed by atoms with Gasteiger partial charge in [0.15, 0.2) is 0 Å². The molecule has 1 aromatic carbocycles. The molecule has 3 nitrogen and oxygen atoms in total. The van der Waals surface area contributed by atoms with Crippen LogP contribution in [-0.4, -0.2) is 31.5 Å². The van der Waals surface area contributed by atoms with E-state index in [1.165, 1.54) is 19.2 Å². The van der Waals surface area contributed by atoms with Crippen LogP contribution in [0.1, 0.15) is 12.0 Å². The van der Waals surface area contributed by atoms with Crippen LogP contribution in [0.25, 0.3) is 0 Å². The van der Waals surface area contributed by atoms with Crippen LogP contribution in [0.4, 0.5) is 13.2 Å². The molecule has 6 heteroatoms. The minimum absolute atomic E-state index is 0.0648. The summed E-state index contributed by atoms with van der Waals surface area (Å²) in [5.74, 6) is 0.0845. The van der Waals surface area contributed by atoms with E-state index in [2.05, 4.69) is 0 Å². The second kappa shape index (κ2) is 6.61. The molecule has 0 spiro atoms. The van der Waals surface area contributed by atoms with Gasteiger partial charge in [-0.3, -0.25) is 0 Å². The highest BCUT2D eigenvalue weighted by atomic mass is 19.4. The summed E-state index contributed by atoms with van der Waals surface area (Å²) >= 11 is 0. The van der Waals surface area contributed by atoms with Crippen LogP contribution < -0.4 is 4.74 Å². The molecule has 0 heterocycles. The molecule has 0 fully saturated rings. The highest BCUT2D eigenvalue weighted by Crippen LogP contribution is 2.31. The molecule has 0 bridgehead atoms. The van der Waals surface area contributed by atoms with E-state index in [1.807, 2.05) is 0 Å². The van der Waals surface area contributed by atoms with Crippen molar-refractivity contribution in [3.63, 3.8) is 0 Å². The van der Waals surface area contributed by atoms with Crippen LogP contribution in [0.5, 0.6) is 5.75 Å². The topological polar surface area (TPSA) is 38.7 Å². The van der Waals surface area contributed by atoms with Crippen LogP contribution in [0.3, 0.4) is 0 Å². The van der Waals surface area contributed by atoms with Gasteiger partial charge in [-0.2, -0.15) is 13.2 Å². The summed E-state index contributed by atoms with van der Waals surface area (Å²) in [4.78, 5) is 0. The average molecular weight is 264 g/mol. The van der Waals surface area contributed by atoms with Crippen molar-refractivity contribution in [1.29, 1.82) is 0 Å². The van der Waals surface area contributed by atoms with Gasteiger partial charge in [0.05, 0.1) is 11.7 Å². The summed E-state index contributed by atoms with van der Waals surface area (Å²) in [6, 6.07) is 4.55. The molecule has 1 unspecified atom stereocenters. The zero-order chi connectivity index (χ0) is 13.6. The predicted octanol–water partition coefficient (Wildman–Crippen LogP) is 2.48. The van der Waals surface area contributed by atoms with Crippen molar-refractivity contribution in [3.8, 4) is 5.75 Å². The van der Waals surface area contributed by atoms with Gasteiger partial charge < -0.3 is 14.6 Å². The van der Waals surface area contributed by atoms with Gasteiger partial charge in [-0.1, -0.05) is 6.07 Å². The third-order valence-electron chi connectivity index (χ3n) is 2.26. The summed E-state index contributed by atoms with van der Waals surface area (Å²) in [6.07, 6.45) is -4.79. The Morgan fingerprint density at radius 3 is 2.67 bits per heavy atom. The van der Waals surface area contributed by atoms with Gasteiger partial charge in [-0.05, 0) is 24.6 Å². The maximum absolute atomic E-state index is 12.4. The van der Waals surface area contributed by atoms with Gasteiger partial charge in [0.1, 0.15) is 12.4 Å². The highest BCUT2D eigenvalue weighted by molar-refractivity contribution is 5.30. The quantitative estimate of drug-likeness (QED) is 0.858. The standard InChI is InChI=1S/C12H15F3O3/c1-17-6-5-10(16)8-18-11-4-2-3-9(7-11)12(13,14)15/h2-4,7,10,16H,5-6,8H2,1H3. The Morgan fingerprint density at radius 1 is 1.33 bits per heavy atom. The van der Waals surface area contributed by atoms with E-state index in [0.717, 1.165) is 12.1 Å². The van der Waals surface area contributed by atoms with E-state index in [-0.39, 0.29) is 12.4 Å². The third kappa shape index (κ3) is 4.93. The van der Waals surface area contributed by atoms with Gasteiger partial charge in [0.25, 0.3) is 0 Å². The largest absolute Gasteiger partial charge is 0.491 e. The lowest BCUT2D eigenvalue weighted by Crippen LogP contribution is -2.19. The number of hydrogen-bond donors (Lipinski definition) is 1. The van der Waals surface area contributed by atoms with Crippen LogP contribution in [0.15, 0.2) is 24.3 Å². The molecule has 1 aromatic rings. The van der Waals surface area contributed by atoms with Gasteiger partial charge in [0, 0.05) is 13.7 Å². The number of benzene rings is 1. The fourth-order valence-electron chi connectivity index (χ4n) is 1.29. The first-order chi connectivity index (χ1) is 8.43. The second-order valence-corrected chi connectivity index (χ2v) is 3.77. The summed E-state index contributed by atoms with van der Waals surface area (Å²) in [7, 11) is 1.50. The lowest BCUT2D eigenvalue weighted by molar-refractivity contribution is -0.137. The molecule has 0 saturated carbocycles. The molecule has 0 aromatic heterocycles. The molecular formula is C12H15F3O3. The molecule has 0 aliphatic heterocycles.